The molecular formula is C18H24N2O4S. The largest absolute Gasteiger partial charge is 0.462 e. The second-order valence-electron chi connectivity index (χ2n) is 6.66. The van der Waals surface area contributed by atoms with Gasteiger partial charge in [-0.1, -0.05) is 13.8 Å². The SMILES string of the molecule is CCOC(=O)c1c(C(C)C)csc1N=CC(C#N)C(=O)OC(C)(C)C. The molecule has 0 aromatic carbocycles. The fourth-order valence-electron chi connectivity index (χ4n) is 1.94. The second-order valence-corrected chi connectivity index (χ2v) is 7.52. The van der Waals surface area contributed by atoms with Crippen LogP contribution in [0.1, 0.15) is 63.4 Å². The zero-order chi connectivity index (χ0) is 19.2. The van der Waals surface area contributed by atoms with Gasteiger partial charge >= 0.3 is 11.9 Å². The fraction of sp³-hybridized carbons (Fsp3) is 0.556. The zero-order valence-corrected chi connectivity index (χ0v) is 16.3. The van der Waals surface area contributed by atoms with Crippen LogP contribution >= 0.6 is 11.3 Å². The van der Waals surface area contributed by atoms with Gasteiger partial charge in [0.2, 0.25) is 0 Å². The van der Waals surface area contributed by atoms with Gasteiger partial charge in [-0.05, 0) is 44.6 Å². The Bertz CT molecular complexity index is 693. The van der Waals surface area contributed by atoms with Crippen LogP contribution in [0.2, 0.25) is 0 Å². The Balaban J connectivity index is 3.12. The number of ether oxygens (including phenoxy) is 2. The van der Waals surface area contributed by atoms with Crippen molar-refractivity contribution in [2.45, 2.75) is 53.1 Å². The van der Waals surface area contributed by atoms with Crippen molar-refractivity contribution >= 4 is 34.5 Å². The molecule has 0 fully saturated rings. The average molecular weight is 364 g/mol. The lowest BCUT2D eigenvalue weighted by atomic mass is 10.0. The van der Waals surface area contributed by atoms with Gasteiger partial charge in [0.1, 0.15) is 10.6 Å². The monoisotopic (exact) mass is 364 g/mol. The summed E-state index contributed by atoms with van der Waals surface area (Å²) in [6.07, 6.45) is 1.22. The fourth-order valence-corrected chi connectivity index (χ4v) is 3.01. The Hall–Kier alpha value is -2.20. The number of thiophene rings is 1. The Morgan fingerprint density at radius 3 is 2.52 bits per heavy atom. The average Bonchev–Trinajstić information content (AvgIpc) is 2.90. The molecule has 0 aliphatic carbocycles. The van der Waals surface area contributed by atoms with Gasteiger partial charge in [-0.25, -0.2) is 9.79 Å². The summed E-state index contributed by atoms with van der Waals surface area (Å²) in [5.41, 5.74) is 0.532. The highest BCUT2D eigenvalue weighted by atomic mass is 32.1. The molecule has 0 aliphatic rings. The Morgan fingerprint density at radius 2 is 2.04 bits per heavy atom. The first-order valence-electron chi connectivity index (χ1n) is 8.05. The predicted molar refractivity (Wildman–Crippen MR) is 97.5 cm³/mol. The molecule has 0 spiro atoms. The van der Waals surface area contributed by atoms with Crippen molar-refractivity contribution in [1.29, 1.82) is 5.26 Å². The Kier molecular flexibility index (Phi) is 7.31. The molecule has 0 saturated carbocycles. The normalized spacial score (nSPS) is 12.9. The molecule has 6 nitrogen and oxygen atoms in total. The van der Waals surface area contributed by atoms with Crippen LogP contribution in [0.3, 0.4) is 0 Å². The first-order chi connectivity index (χ1) is 11.6. The highest BCUT2D eigenvalue weighted by molar-refractivity contribution is 7.14. The molecule has 1 heterocycles. The molecule has 7 heteroatoms. The molecule has 1 unspecified atom stereocenters. The van der Waals surface area contributed by atoms with Gasteiger partial charge < -0.3 is 9.47 Å². The number of aliphatic imine (C=N–C) groups is 1. The number of hydrogen-bond acceptors (Lipinski definition) is 7. The Morgan fingerprint density at radius 1 is 1.40 bits per heavy atom. The maximum Gasteiger partial charge on any atom is 0.341 e. The van der Waals surface area contributed by atoms with Crippen LogP contribution in [0, 0.1) is 17.2 Å². The van der Waals surface area contributed by atoms with Crippen molar-refractivity contribution < 1.29 is 19.1 Å². The summed E-state index contributed by atoms with van der Waals surface area (Å²) in [6.45, 7) is 11.1. The van der Waals surface area contributed by atoms with Gasteiger partial charge in [0.15, 0.2) is 5.92 Å². The molecule has 136 valence electrons. The molecule has 25 heavy (non-hydrogen) atoms. The second kappa shape index (κ2) is 8.77. The van der Waals surface area contributed by atoms with Crippen LogP contribution in [-0.4, -0.2) is 30.4 Å². The van der Waals surface area contributed by atoms with E-state index in [9.17, 15) is 14.9 Å². The zero-order valence-electron chi connectivity index (χ0n) is 15.5. The summed E-state index contributed by atoms with van der Waals surface area (Å²) in [5, 5.41) is 11.5. The lowest BCUT2D eigenvalue weighted by Crippen LogP contribution is -2.28. The minimum absolute atomic E-state index is 0.122. The minimum atomic E-state index is -1.14. The number of esters is 2. The molecule has 1 atom stereocenters. The molecular weight excluding hydrogens is 340 g/mol. The van der Waals surface area contributed by atoms with E-state index < -0.39 is 23.5 Å². The number of nitrogens with zero attached hydrogens (tertiary/aromatic N) is 2. The van der Waals surface area contributed by atoms with E-state index in [1.54, 1.807) is 27.7 Å². The Labute approximate surface area is 152 Å². The van der Waals surface area contributed by atoms with Crippen LogP contribution in [0.15, 0.2) is 10.4 Å². The number of carbonyl (C=O) groups excluding carboxylic acids is 2. The molecule has 0 aliphatic heterocycles. The van der Waals surface area contributed by atoms with Crippen molar-refractivity contribution in [1.82, 2.24) is 0 Å². The van der Waals surface area contributed by atoms with Gasteiger partial charge in [-0.2, -0.15) is 5.26 Å². The van der Waals surface area contributed by atoms with E-state index in [1.807, 2.05) is 25.3 Å². The lowest BCUT2D eigenvalue weighted by Gasteiger charge is -2.20. The third-order valence-corrected chi connectivity index (χ3v) is 3.95. The van der Waals surface area contributed by atoms with Crippen molar-refractivity contribution in [2.24, 2.45) is 10.9 Å². The summed E-state index contributed by atoms with van der Waals surface area (Å²) in [6, 6.07) is 1.86. The highest BCUT2D eigenvalue weighted by Crippen LogP contribution is 2.35. The standard InChI is InChI=1S/C18H24N2O4S/c1-7-23-17(22)14-13(11(2)3)10-25-15(14)20-9-12(8-19)16(21)24-18(4,5)6/h9-12H,7H2,1-6H3. The van der Waals surface area contributed by atoms with Gasteiger partial charge in [-0.15, -0.1) is 11.3 Å². The van der Waals surface area contributed by atoms with Crippen LogP contribution in [-0.2, 0) is 14.3 Å². The molecule has 1 rings (SSSR count). The predicted octanol–water partition coefficient (Wildman–Crippen LogP) is 4.23. The molecule has 1 aromatic heterocycles. The maximum absolute atomic E-state index is 12.2. The van der Waals surface area contributed by atoms with Gasteiger partial charge in [0, 0.05) is 6.21 Å². The van der Waals surface area contributed by atoms with Crippen molar-refractivity contribution in [3.05, 3.63) is 16.5 Å². The lowest BCUT2D eigenvalue weighted by molar-refractivity contribution is -0.155. The molecule has 0 bridgehead atoms. The minimum Gasteiger partial charge on any atom is -0.462 e. The maximum atomic E-state index is 12.2. The van der Waals surface area contributed by atoms with E-state index >= 15 is 0 Å². The van der Waals surface area contributed by atoms with E-state index in [1.165, 1.54) is 17.6 Å². The van der Waals surface area contributed by atoms with Crippen LogP contribution in [0.4, 0.5) is 5.00 Å². The van der Waals surface area contributed by atoms with Gasteiger partial charge in [0.05, 0.1) is 18.2 Å². The summed E-state index contributed by atoms with van der Waals surface area (Å²) < 4.78 is 10.3. The van der Waals surface area contributed by atoms with E-state index in [0.717, 1.165) is 5.56 Å². The van der Waals surface area contributed by atoms with E-state index in [4.69, 9.17) is 9.47 Å². The molecule has 1 aromatic rings. The third kappa shape index (κ3) is 5.98. The van der Waals surface area contributed by atoms with Crippen molar-refractivity contribution in [2.75, 3.05) is 6.61 Å². The van der Waals surface area contributed by atoms with E-state index in [-0.39, 0.29) is 12.5 Å². The summed E-state index contributed by atoms with van der Waals surface area (Å²) >= 11 is 1.28. The van der Waals surface area contributed by atoms with E-state index in [2.05, 4.69) is 4.99 Å². The molecule has 0 saturated heterocycles. The van der Waals surface area contributed by atoms with Gasteiger partial charge in [0.25, 0.3) is 0 Å². The number of carbonyl (C=O) groups is 2. The molecule has 0 N–H and O–H groups in total. The summed E-state index contributed by atoms with van der Waals surface area (Å²) in [5.74, 6) is -2.14. The smallest absolute Gasteiger partial charge is 0.341 e. The van der Waals surface area contributed by atoms with E-state index in [0.29, 0.717) is 10.6 Å². The van der Waals surface area contributed by atoms with Crippen LogP contribution in [0.5, 0.6) is 0 Å². The van der Waals surface area contributed by atoms with Gasteiger partial charge in [-0.3, -0.25) is 4.79 Å². The number of hydrogen-bond donors (Lipinski definition) is 0. The molecule has 0 amide bonds. The molecule has 0 radical (unpaired) electrons. The van der Waals surface area contributed by atoms with Crippen molar-refractivity contribution in [3.8, 4) is 6.07 Å². The number of nitriles is 1. The summed E-state index contributed by atoms with van der Waals surface area (Å²) in [4.78, 5) is 28.5. The quantitative estimate of drug-likeness (QED) is 0.556. The highest BCUT2D eigenvalue weighted by Gasteiger charge is 2.25. The topological polar surface area (TPSA) is 88.8 Å². The first-order valence-corrected chi connectivity index (χ1v) is 8.93. The van der Waals surface area contributed by atoms with Crippen LogP contribution < -0.4 is 0 Å². The van der Waals surface area contributed by atoms with Crippen LogP contribution in [0.25, 0.3) is 0 Å². The number of rotatable bonds is 6. The summed E-state index contributed by atoms with van der Waals surface area (Å²) in [7, 11) is 0. The van der Waals surface area contributed by atoms with Crippen molar-refractivity contribution in [3.63, 3.8) is 0 Å². The first kappa shape index (κ1) is 20.8. The third-order valence-electron chi connectivity index (χ3n) is 3.04.